The highest BCUT2D eigenvalue weighted by Crippen LogP contribution is 2.30. The number of carbonyl (C=O) groups is 2. The zero-order valence-electron chi connectivity index (χ0n) is 15.2. The molecule has 1 heterocycles. The standard InChI is InChI=1S/C20H17FN2O5/c1-27-19(25)16-17(12-8-9-13(11-24)15(21)10-12)22-23(18(16)20(26)28-2)14-6-4-3-5-7-14/h3-10,24H,11H2,1-2H3. The van der Waals surface area contributed by atoms with Crippen LogP contribution in [0.5, 0.6) is 0 Å². The summed E-state index contributed by atoms with van der Waals surface area (Å²) in [7, 11) is 2.35. The van der Waals surface area contributed by atoms with Gasteiger partial charge in [0.25, 0.3) is 0 Å². The molecule has 0 amide bonds. The van der Waals surface area contributed by atoms with Crippen LogP contribution in [0.3, 0.4) is 0 Å². The van der Waals surface area contributed by atoms with E-state index in [9.17, 15) is 14.0 Å². The average Bonchev–Trinajstić information content (AvgIpc) is 3.13. The van der Waals surface area contributed by atoms with Gasteiger partial charge in [-0.1, -0.05) is 30.3 Å². The van der Waals surface area contributed by atoms with Crippen molar-refractivity contribution in [1.82, 2.24) is 9.78 Å². The molecule has 28 heavy (non-hydrogen) atoms. The molecule has 1 N–H and O–H groups in total. The Morgan fingerprint density at radius 1 is 1.07 bits per heavy atom. The minimum absolute atomic E-state index is 0.0551. The number of aliphatic hydroxyl groups excluding tert-OH is 1. The van der Waals surface area contributed by atoms with Crippen LogP contribution in [0.15, 0.2) is 48.5 Å². The van der Waals surface area contributed by atoms with Gasteiger partial charge in [0.05, 0.1) is 26.5 Å². The third kappa shape index (κ3) is 3.37. The third-order valence-electron chi connectivity index (χ3n) is 4.15. The van der Waals surface area contributed by atoms with Crippen molar-refractivity contribution in [2.75, 3.05) is 14.2 Å². The largest absolute Gasteiger partial charge is 0.465 e. The molecule has 3 rings (SSSR count). The smallest absolute Gasteiger partial charge is 0.357 e. The van der Waals surface area contributed by atoms with Crippen molar-refractivity contribution in [2.24, 2.45) is 0 Å². The van der Waals surface area contributed by atoms with E-state index in [0.717, 1.165) is 6.07 Å². The molecule has 0 aliphatic carbocycles. The number of esters is 2. The Labute approximate surface area is 159 Å². The molecule has 0 atom stereocenters. The predicted molar refractivity (Wildman–Crippen MR) is 97.6 cm³/mol. The van der Waals surface area contributed by atoms with Gasteiger partial charge in [0.1, 0.15) is 17.1 Å². The van der Waals surface area contributed by atoms with Crippen LogP contribution in [0, 0.1) is 5.82 Å². The zero-order valence-corrected chi connectivity index (χ0v) is 15.2. The Morgan fingerprint density at radius 2 is 1.75 bits per heavy atom. The van der Waals surface area contributed by atoms with Crippen LogP contribution < -0.4 is 0 Å². The normalized spacial score (nSPS) is 10.6. The van der Waals surface area contributed by atoms with Crippen LogP contribution in [0.4, 0.5) is 4.39 Å². The van der Waals surface area contributed by atoms with Crippen LogP contribution in [0.25, 0.3) is 16.9 Å². The molecule has 0 radical (unpaired) electrons. The van der Waals surface area contributed by atoms with Gasteiger partial charge in [0.2, 0.25) is 0 Å². The highest BCUT2D eigenvalue weighted by molar-refractivity contribution is 6.06. The average molecular weight is 384 g/mol. The van der Waals surface area contributed by atoms with Crippen molar-refractivity contribution in [2.45, 2.75) is 6.61 Å². The number of benzene rings is 2. The molecule has 7 nitrogen and oxygen atoms in total. The van der Waals surface area contributed by atoms with Crippen molar-refractivity contribution in [3.8, 4) is 16.9 Å². The van der Waals surface area contributed by atoms with Gasteiger partial charge < -0.3 is 14.6 Å². The van der Waals surface area contributed by atoms with E-state index in [1.165, 1.54) is 31.0 Å². The zero-order chi connectivity index (χ0) is 20.3. The van der Waals surface area contributed by atoms with E-state index < -0.39 is 24.4 Å². The fourth-order valence-electron chi connectivity index (χ4n) is 2.78. The van der Waals surface area contributed by atoms with Crippen LogP contribution in [0.1, 0.15) is 26.4 Å². The lowest BCUT2D eigenvalue weighted by Crippen LogP contribution is -2.15. The van der Waals surface area contributed by atoms with Gasteiger partial charge in [-0.15, -0.1) is 0 Å². The minimum atomic E-state index is -0.816. The lowest BCUT2D eigenvalue weighted by atomic mass is 10.0. The van der Waals surface area contributed by atoms with Crippen molar-refractivity contribution >= 4 is 11.9 Å². The number of halogens is 1. The van der Waals surface area contributed by atoms with Crippen LogP contribution >= 0.6 is 0 Å². The fourth-order valence-corrected chi connectivity index (χ4v) is 2.78. The van der Waals surface area contributed by atoms with Crippen molar-refractivity contribution in [3.63, 3.8) is 0 Å². The third-order valence-corrected chi connectivity index (χ3v) is 4.15. The summed E-state index contributed by atoms with van der Waals surface area (Å²) in [6, 6.07) is 12.7. The van der Waals surface area contributed by atoms with Gasteiger partial charge in [0.15, 0.2) is 5.69 Å². The number of nitrogens with zero attached hydrogens (tertiary/aromatic N) is 2. The fraction of sp³-hybridized carbons (Fsp3) is 0.150. The molecule has 8 heteroatoms. The molecule has 0 fully saturated rings. The number of hydrogen-bond donors (Lipinski definition) is 1. The summed E-state index contributed by atoms with van der Waals surface area (Å²) in [4.78, 5) is 24.9. The molecule has 0 saturated carbocycles. The second-order valence-electron chi connectivity index (χ2n) is 5.77. The van der Waals surface area contributed by atoms with E-state index in [2.05, 4.69) is 5.10 Å². The Hall–Kier alpha value is -3.52. The lowest BCUT2D eigenvalue weighted by molar-refractivity contribution is 0.0549. The topological polar surface area (TPSA) is 90.6 Å². The van der Waals surface area contributed by atoms with E-state index >= 15 is 0 Å². The molecule has 0 saturated heterocycles. The molecular formula is C20H17FN2O5. The summed E-state index contributed by atoms with van der Waals surface area (Å²) < 4.78 is 25.1. The van der Waals surface area contributed by atoms with Gasteiger partial charge in [0, 0.05) is 11.1 Å². The highest BCUT2D eigenvalue weighted by Gasteiger charge is 2.31. The number of methoxy groups -OCH3 is 2. The summed E-state index contributed by atoms with van der Waals surface area (Å²) in [5, 5.41) is 13.5. The molecule has 0 spiro atoms. The van der Waals surface area contributed by atoms with Crippen molar-refractivity contribution < 1.29 is 28.6 Å². The second-order valence-corrected chi connectivity index (χ2v) is 5.77. The number of aliphatic hydroxyl groups is 1. The van der Waals surface area contributed by atoms with Gasteiger partial charge in [-0.05, 0) is 18.2 Å². The van der Waals surface area contributed by atoms with Crippen molar-refractivity contribution in [3.05, 3.63) is 71.2 Å². The van der Waals surface area contributed by atoms with E-state index in [4.69, 9.17) is 14.6 Å². The van der Waals surface area contributed by atoms with E-state index in [1.807, 2.05) is 0 Å². The second kappa shape index (κ2) is 8.01. The number of aromatic nitrogens is 2. The Balaban J connectivity index is 2.33. The number of ether oxygens (including phenoxy) is 2. The first-order chi connectivity index (χ1) is 13.5. The summed E-state index contributed by atoms with van der Waals surface area (Å²) in [6.45, 7) is -0.470. The number of carbonyl (C=O) groups excluding carboxylic acids is 2. The SMILES string of the molecule is COC(=O)c1c(-c2ccc(CO)c(F)c2)nn(-c2ccccc2)c1C(=O)OC. The van der Waals surface area contributed by atoms with E-state index in [0.29, 0.717) is 5.69 Å². The molecule has 2 aromatic carbocycles. The summed E-state index contributed by atoms with van der Waals surface area (Å²) in [6.07, 6.45) is 0. The van der Waals surface area contributed by atoms with Gasteiger partial charge >= 0.3 is 11.9 Å². The summed E-state index contributed by atoms with van der Waals surface area (Å²) in [5.74, 6) is -2.27. The quantitative estimate of drug-likeness (QED) is 0.681. The molecule has 3 aromatic rings. The van der Waals surface area contributed by atoms with Crippen LogP contribution in [0.2, 0.25) is 0 Å². The maximum atomic E-state index is 14.2. The molecule has 0 aliphatic heterocycles. The van der Waals surface area contributed by atoms with Gasteiger partial charge in [-0.25, -0.2) is 18.7 Å². The molecule has 0 unspecified atom stereocenters. The predicted octanol–water partition coefficient (Wildman–Crippen LogP) is 2.74. The van der Waals surface area contributed by atoms with Crippen molar-refractivity contribution in [1.29, 1.82) is 0 Å². The van der Waals surface area contributed by atoms with E-state index in [-0.39, 0.29) is 28.1 Å². The molecule has 0 aliphatic rings. The number of hydrogen-bond acceptors (Lipinski definition) is 6. The lowest BCUT2D eigenvalue weighted by Gasteiger charge is -2.07. The molecular weight excluding hydrogens is 367 g/mol. The Kier molecular flexibility index (Phi) is 5.51. The summed E-state index contributed by atoms with van der Waals surface area (Å²) in [5.41, 5.74) is 0.622. The number of rotatable bonds is 5. The first kappa shape index (κ1) is 19.2. The molecule has 144 valence electrons. The Morgan fingerprint density at radius 3 is 2.32 bits per heavy atom. The minimum Gasteiger partial charge on any atom is -0.465 e. The van der Waals surface area contributed by atoms with Gasteiger partial charge in [-0.3, -0.25) is 0 Å². The first-order valence-corrected chi connectivity index (χ1v) is 8.26. The van der Waals surface area contributed by atoms with Crippen LogP contribution in [-0.4, -0.2) is 41.0 Å². The highest BCUT2D eigenvalue weighted by atomic mass is 19.1. The van der Waals surface area contributed by atoms with Crippen LogP contribution in [-0.2, 0) is 16.1 Å². The number of para-hydroxylation sites is 1. The van der Waals surface area contributed by atoms with Gasteiger partial charge in [-0.2, -0.15) is 5.10 Å². The maximum Gasteiger partial charge on any atom is 0.357 e. The Bertz CT molecular complexity index is 1030. The van der Waals surface area contributed by atoms with E-state index in [1.54, 1.807) is 30.3 Å². The molecule has 1 aromatic heterocycles. The monoisotopic (exact) mass is 384 g/mol. The maximum absolute atomic E-state index is 14.2. The summed E-state index contributed by atoms with van der Waals surface area (Å²) >= 11 is 0. The molecule has 0 bridgehead atoms. The first-order valence-electron chi connectivity index (χ1n) is 8.26.